The third-order valence-corrected chi connectivity index (χ3v) is 4.15. The third-order valence-electron chi connectivity index (χ3n) is 3.29. The summed E-state index contributed by atoms with van der Waals surface area (Å²) in [6.07, 6.45) is 0. The maximum Gasteiger partial charge on any atom is 0.234 e. The van der Waals surface area contributed by atoms with E-state index in [1.54, 1.807) is 18.2 Å². The maximum absolute atomic E-state index is 12.8. The van der Waals surface area contributed by atoms with Gasteiger partial charge in [-0.05, 0) is 36.4 Å². The van der Waals surface area contributed by atoms with Crippen molar-refractivity contribution in [3.8, 4) is 0 Å². The number of nitrogens with zero attached hydrogens (tertiary/aromatic N) is 1. The molecule has 122 valence electrons. The molecule has 3 nitrogen and oxygen atoms in total. The Morgan fingerprint density at radius 2 is 1.87 bits per heavy atom. The van der Waals surface area contributed by atoms with Crippen molar-refractivity contribution in [3.63, 3.8) is 0 Å². The lowest BCUT2D eigenvalue weighted by Gasteiger charge is -2.17. The summed E-state index contributed by atoms with van der Waals surface area (Å²) in [5.74, 6) is -0.409. The van der Waals surface area contributed by atoms with Gasteiger partial charge in [0, 0.05) is 13.1 Å². The Hall–Kier alpha value is -1.62. The lowest BCUT2D eigenvalue weighted by Crippen LogP contribution is -2.34. The average molecular weight is 355 g/mol. The molecule has 0 unspecified atom stereocenters. The van der Waals surface area contributed by atoms with Crippen LogP contribution in [0.3, 0.4) is 0 Å². The lowest BCUT2D eigenvalue weighted by atomic mass is 10.2. The van der Waals surface area contributed by atoms with Gasteiger partial charge in [0.2, 0.25) is 5.91 Å². The summed E-state index contributed by atoms with van der Waals surface area (Å²) in [6, 6.07) is 11.5. The lowest BCUT2D eigenvalue weighted by molar-refractivity contribution is -0.122. The molecule has 0 radical (unpaired) electrons. The predicted molar refractivity (Wildman–Crippen MR) is 91.0 cm³/mol. The SMILES string of the molecule is CN(CC(=O)NCc1ccc(F)cc1)Cc1cccc(Cl)c1Cl. The minimum atomic E-state index is -0.293. The minimum absolute atomic E-state index is 0.116. The van der Waals surface area contributed by atoms with Gasteiger partial charge in [0.05, 0.1) is 16.6 Å². The number of rotatable bonds is 6. The van der Waals surface area contributed by atoms with Crippen molar-refractivity contribution in [2.24, 2.45) is 0 Å². The number of carbonyl (C=O) groups is 1. The Labute approximate surface area is 145 Å². The summed E-state index contributed by atoms with van der Waals surface area (Å²) in [5.41, 5.74) is 1.72. The Kier molecular flexibility index (Phi) is 6.39. The second-order valence-corrected chi connectivity index (χ2v) is 6.07. The van der Waals surface area contributed by atoms with Crippen LogP contribution in [0.25, 0.3) is 0 Å². The second kappa shape index (κ2) is 8.29. The van der Waals surface area contributed by atoms with E-state index in [0.717, 1.165) is 11.1 Å². The van der Waals surface area contributed by atoms with Crippen LogP contribution in [0.2, 0.25) is 10.0 Å². The molecule has 1 amide bonds. The first kappa shape index (κ1) is 17.7. The van der Waals surface area contributed by atoms with Gasteiger partial charge in [0.15, 0.2) is 0 Å². The van der Waals surface area contributed by atoms with Gasteiger partial charge in [-0.1, -0.05) is 47.5 Å². The summed E-state index contributed by atoms with van der Waals surface area (Å²) >= 11 is 12.1. The Bertz CT molecular complexity index is 677. The second-order valence-electron chi connectivity index (χ2n) is 5.29. The molecule has 1 N–H and O–H groups in total. The molecular weight excluding hydrogens is 338 g/mol. The summed E-state index contributed by atoms with van der Waals surface area (Å²) in [6.45, 7) is 1.11. The van der Waals surface area contributed by atoms with E-state index in [4.69, 9.17) is 23.2 Å². The molecule has 0 aliphatic rings. The van der Waals surface area contributed by atoms with Crippen LogP contribution in [0, 0.1) is 5.82 Å². The Morgan fingerprint density at radius 3 is 2.57 bits per heavy atom. The zero-order chi connectivity index (χ0) is 16.8. The van der Waals surface area contributed by atoms with Gasteiger partial charge in [-0.3, -0.25) is 9.69 Å². The molecular formula is C17H17Cl2FN2O. The van der Waals surface area contributed by atoms with Gasteiger partial charge in [-0.15, -0.1) is 0 Å². The van der Waals surface area contributed by atoms with Crippen LogP contribution in [-0.2, 0) is 17.9 Å². The fraction of sp³-hybridized carbons (Fsp3) is 0.235. The van der Waals surface area contributed by atoms with Crippen molar-refractivity contribution >= 4 is 29.1 Å². The molecule has 2 aromatic carbocycles. The standard InChI is InChI=1S/C17H17Cl2FN2O/c1-22(10-13-3-2-4-15(18)17(13)19)11-16(23)21-9-12-5-7-14(20)8-6-12/h2-8H,9-11H2,1H3,(H,21,23). The molecule has 0 aliphatic heterocycles. The van der Waals surface area contributed by atoms with E-state index in [0.29, 0.717) is 23.1 Å². The molecule has 0 saturated heterocycles. The number of benzene rings is 2. The van der Waals surface area contributed by atoms with E-state index in [-0.39, 0.29) is 18.3 Å². The minimum Gasteiger partial charge on any atom is -0.351 e. The van der Waals surface area contributed by atoms with Gasteiger partial charge in [0.25, 0.3) is 0 Å². The maximum atomic E-state index is 12.8. The van der Waals surface area contributed by atoms with Crippen LogP contribution in [0.1, 0.15) is 11.1 Å². The summed E-state index contributed by atoms with van der Waals surface area (Å²) in [5, 5.41) is 3.80. The molecule has 23 heavy (non-hydrogen) atoms. The number of likely N-dealkylation sites (N-methyl/N-ethyl adjacent to an activating group) is 1. The molecule has 6 heteroatoms. The molecule has 0 bridgehead atoms. The van der Waals surface area contributed by atoms with Crippen LogP contribution < -0.4 is 5.32 Å². The number of halogens is 3. The normalized spacial score (nSPS) is 10.8. The molecule has 0 fully saturated rings. The quantitative estimate of drug-likeness (QED) is 0.853. The fourth-order valence-electron chi connectivity index (χ4n) is 2.12. The third kappa shape index (κ3) is 5.50. The smallest absolute Gasteiger partial charge is 0.234 e. The van der Waals surface area contributed by atoms with Crippen molar-refractivity contribution in [1.82, 2.24) is 10.2 Å². The predicted octanol–water partition coefficient (Wildman–Crippen LogP) is 3.88. The number of hydrogen-bond donors (Lipinski definition) is 1. The first-order valence-electron chi connectivity index (χ1n) is 7.08. The van der Waals surface area contributed by atoms with Crippen molar-refractivity contribution in [1.29, 1.82) is 0 Å². The van der Waals surface area contributed by atoms with Crippen LogP contribution in [-0.4, -0.2) is 24.4 Å². The zero-order valence-electron chi connectivity index (χ0n) is 12.7. The highest BCUT2D eigenvalue weighted by Gasteiger charge is 2.10. The number of carbonyl (C=O) groups excluding carboxylic acids is 1. The van der Waals surface area contributed by atoms with Crippen molar-refractivity contribution in [2.75, 3.05) is 13.6 Å². The van der Waals surface area contributed by atoms with Crippen LogP contribution >= 0.6 is 23.2 Å². The van der Waals surface area contributed by atoms with Crippen molar-refractivity contribution in [2.45, 2.75) is 13.1 Å². The van der Waals surface area contributed by atoms with E-state index in [2.05, 4.69) is 5.32 Å². The summed E-state index contributed by atoms with van der Waals surface area (Å²) in [7, 11) is 1.83. The molecule has 0 spiro atoms. The van der Waals surface area contributed by atoms with Gasteiger partial charge < -0.3 is 5.32 Å². The Balaban J connectivity index is 1.82. The molecule has 0 aliphatic carbocycles. The van der Waals surface area contributed by atoms with Gasteiger partial charge in [0.1, 0.15) is 5.82 Å². The van der Waals surface area contributed by atoms with Crippen LogP contribution in [0.5, 0.6) is 0 Å². The molecule has 2 aromatic rings. The van der Waals surface area contributed by atoms with E-state index < -0.39 is 0 Å². The summed E-state index contributed by atoms with van der Waals surface area (Å²) in [4.78, 5) is 13.8. The number of amides is 1. The molecule has 0 atom stereocenters. The first-order chi connectivity index (χ1) is 11.0. The first-order valence-corrected chi connectivity index (χ1v) is 7.84. The van der Waals surface area contributed by atoms with E-state index in [9.17, 15) is 9.18 Å². The van der Waals surface area contributed by atoms with Crippen molar-refractivity contribution < 1.29 is 9.18 Å². The van der Waals surface area contributed by atoms with Crippen LogP contribution in [0.15, 0.2) is 42.5 Å². The Morgan fingerprint density at radius 1 is 1.17 bits per heavy atom. The highest BCUT2D eigenvalue weighted by molar-refractivity contribution is 6.42. The molecule has 0 saturated carbocycles. The highest BCUT2D eigenvalue weighted by Crippen LogP contribution is 2.26. The van der Waals surface area contributed by atoms with Gasteiger partial charge in [-0.25, -0.2) is 4.39 Å². The van der Waals surface area contributed by atoms with E-state index in [1.807, 2.05) is 24.1 Å². The van der Waals surface area contributed by atoms with E-state index in [1.165, 1.54) is 12.1 Å². The number of nitrogens with one attached hydrogen (secondary N) is 1. The molecule has 2 rings (SSSR count). The van der Waals surface area contributed by atoms with E-state index >= 15 is 0 Å². The topological polar surface area (TPSA) is 32.3 Å². The van der Waals surface area contributed by atoms with Crippen LogP contribution in [0.4, 0.5) is 4.39 Å². The average Bonchev–Trinajstić information content (AvgIpc) is 2.51. The highest BCUT2D eigenvalue weighted by atomic mass is 35.5. The van der Waals surface area contributed by atoms with Gasteiger partial charge in [-0.2, -0.15) is 0 Å². The number of hydrogen-bond acceptors (Lipinski definition) is 2. The molecule has 0 aromatic heterocycles. The summed E-state index contributed by atoms with van der Waals surface area (Å²) < 4.78 is 12.8. The fourth-order valence-corrected chi connectivity index (χ4v) is 2.50. The van der Waals surface area contributed by atoms with Crippen molar-refractivity contribution in [3.05, 3.63) is 69.5 Å². The largest absolute Gasteiger partial charge is 0.351 e. The zero-order valence-corrected chi connectivity index (χ0v) is 14.2. The monoisotopic (exact) mass is 354 g/mol. The molecule has 0 heterocycles. The van der Waals surface area contributed by atoms with Gasteiger partial charge >= 0.3 is 0 Å².